The fraction of sp³-hybridized carbons (Fsp3) is 0.429. The van der Waals surface area contributed by atoms with E-state index in [1.54, 1.807) is 0 Å². The maximum absolute atomic E-state index is 12.3. The van der Waals surface area contributed by atoms with Crippen molar-refractivity contribution >= 4 is 11.9 Å². The van der Waals surface area contributed by atoms with Crippen LogP contribution in [0.2, 0.25) is 0 Å². The second-order valence-corrected chi connectivity index (χ2v) is 6.98. The van der Waals surface area contributed by atoms with E-state index in [9.17, 15) is 9.59 Å². The highest BCUT2D eigenvalue weighted by molar-refractivity contribution is 5.92. The Balaban J connectivity index is 1.40. The van der Waals surface area contributed by atoms with Crippen LogP contribution in [0.3, 0.4) is 0 Å². The van der Waals surface area contributed by atoms with E-state index in [0.717, 1.165) is 35.5 Å². The lowest BCUT2D eigenvalue weighted by Crippen LogP contribution is -2.32. The Morgan fingerprint density at radius 2 is 1.96 bits per heavy atom. The predicted molar refractivity (Wildman–Crippen MR) is 102 cm³/mol. The number of rotatable bonds is 8. The number of amides is 1. The number of aromatic nitrogens is 1. The van der Waals surface area contributed by atoms with Crippen molar-refractivity contribution in [1.29, 1.82) is 0 Å². The van der Waals surface area contributed by atoms with Gasteiger partial charge in [-0.2, -0.15) is 0 Å². The lowest BCUT2D eigenvalue weighted by molar-refractivity contribution is -0.124. The fourth-order valence-electron chi connectivity index (χ4n) is 3.20. The maximum atomic E-state index is 12.3. The highest BCUT2D eigenvalue weighted by atomic mass is 16.5. The van der Waals surface area contributed by atoms with Crippen LogP contribution in [-0.4, -0.2) is 36.2 Å². The number of carbonyl (C=O) groups is 2. The third-order valence-corrected chi connectivity index (χ3v) is 4.63. The minimum absolute atomic E-state index is 0.295. The van der Waals surface area contributed by atoms with Gasteiger partial charge in [-0.15, -0.1) is 0 Å². The lowest BCUT2D eigenvalue weighted by atomic mass is 10.2. The van der Waals surface area contributed by atoms with Crippen LogP contribution >= 0.6 is 0 Å². The molecule has 0 radical (unpaired) electrons. The standard InChI is InChI=1S/C21H26N2O4/c1-14-5-4-6-18(11-14)26-10-9-22-20(24)13-27-21(25)19-12-15(2)23(16(19)3)17-7-8-17/h4-6,11-12,17H,7-10,13H2,1-3H3,(H,22,24). The van der Waals surface area contributed by atoms with Gasteiger partial charge in [0, 0.05) is 17.4 Å². The maximum Gasteiger partial charge on any atom is 0.340 e. The first-order valence-electron chi connectivity index (χ1n) is 9.27. The summed E-state index contributed by atoms with van der Waals surface area (Å²) in [6, 6.07) is 10.1. The number of carbonyl (C=O) groups excluding carboxylic acids is 2. The van der Waals surface area contributed by atoms with Gasteiger partial charge in [0.05, 0.1) is 12.1 Å². The number of nitrogens with zero attached hydrogens (tertiary/aromatic N) is 1. The van der Waals surface area contributed by atoms with Crippen LogP contribution in [0.25, 0.3) is 0 Å². The van der Waals surface area contributed by atoms with Gasteiger partial charge in [0.2, 0.25) is 0 Å². The van der Waals surface area contributed by atoms with E-state index in [1.807, 2.05) is 51.1 Å². The van der Waals surface area contributed by atoms with E-state index in [-0.39, 0.29) is 12.5 Å². The molecule has 0 aliphatic heterocycles. The summed E-state index contributed by atoms with van der Waals surface area (Å²) < 4.78 is 12.9. The first-order valence-corrected chi connectivity index (χ1v) is 9.27. The Labute approximate surface area is 159 Å². The molecule has 1 N–H and O–H groups in total. The van der Waals surface area contributed by atoms with Crippen molar-refractivity contribution in [2.75, 3.05) is 19.8 Å². The van der Waals surface area contributed by atoms with Crippen molar-refractivity contribution in [2.24, 2.45) is 0 Å². The molecule has 1 heterocycles. The van der Waals surface area contributed by atoms with Crippen LogP contribution in [0.15, 0.2) is 30.3 Å². The normalized spacial score (nSPS) is 13.3. The zero-order valence-corrected chi connectivity index (χ0v) is 16.1. The second-order valence-electron chi connectivity index (χ2n) is 6.98. The SMILES string of the molecule is Cc1cccc(OCCNC(=O)COC(=O)c2cc(C)n(C3CC3)c2C)c1. The Bertz CT molecular complexity index is 837. The van der Waals surface area contributed by atoms with Crippen LogP contribution in [0.4, 0.5) is 0 Å². The predicted octanol–water partition coefficient (Wildman–Crippen LogP) is 3.10. The highest BCUT2D eigenvalue weighted by Gasteiger charge is 2.28. The minimum atomic E-state index is -0.457. The monoisotopic (exact) mass is 370 g/mol. The average molecular weight is 370 g/mol. The number of esters is 1. The molecule has 1 amide bonds. The molecule has 27 heavy (non-hydrogen) atoms. The fourth-order valence-corrected chi connectivity index (χ4v) is 3.20. The number of aryl methyl sites for hydroxylation is 2. The van der Waals surface area contributed by atoms with Crippen LogP contribution in [0, 0.1) is 20.8 Å². The van der Waals surface area contributed by atoms with Gasteiger partial charge in [-0.05, 0) is 57.4 Å². The van der Waals surface area contributed by atoms with Gasteiger partial charge in [0.1, 0.15) is 12.4 Å². The molecule has 144 valence electrons. The number of hydrogen-bond donors (Lipinski definition) is 1. The molecule has 1 saturated carbocycles. The molecule has 0 unspecified atom stereocenters. The molecule has 0 saturated heterocycles. The second kappa shape index (κ2) is 8.29. The number of hydrogen-bond acceptors (Lipinski definition) is 4. The topological polar surface area (TPSA) is 69.6 Å². The third-order valence-electron chi connectivity index (χ3n) is 4.63. The highest BCUT2D eigenvalue weighted by Crippen LogP contribution is 2.38. The van der Waals surface area contributed by atoms with E-state index in [2.05, 4.69) is 9.88 Å². The van der Waals surface area contributed by atoms with Crippen molar-refractivity contribution in [3.05, 3.63) is 52.8 Å². The van der Waals surface area contributed by atoms with Gasteiger partial charge in [0.25, 0.3) is 5.91 Å². The van der Waals surface area contributed by atoms with Crippen LogP contribution in [-0.2, 0) is 9.53 Å². The summed E-state index contributed by atoms with van der Waals surface area (Å²) in [5.74, 6) is -0.0324. The Morgan fingerprint density at radius 3 is 2.67 bits per heavy atom. The molecule has 0 atom stereocenters. The van der Waals surface area contributed by atoms with Crippen molar-refractivity contribution in [1.82, 2.24) is 9.88 Å². The minimum Gasteiger partial charge on any atom is -0.492 e. The molecular formula is C21H26N2O4. The molecule has 1 aliphatic rings. The largest absolute Gasteiger partial charge is 0.492 e. The van der Waals surface area contributed by atoms with Gasteiger partial charge in [-0.1, -0.05) is 12.1 Å². The number of ether oxygens (including phenoxy) is 2. The van der Waals surface area contributed by atoms with E-state index in [0.29, 0.717) is 24.8 Å². The Hall–Kier alpha value is -2.76. The van der Waals surface area contributed by atoms with Crippen molar-refractivity contribution in [2.45, 2.75) is 39.7 Å². The van der Waals surface area contributed by atoms with Crippen molar-refractivity contribution < 1.29 is 19.1 Å². The zero-order valence-electron chi connectivity index (χ0n) is 16.1. The van der Waals surface area contributed by atoms with Gasteiger partial charge in [-0.25, -0.2) is 4.79 Å². The molecule has 1 aromatic carbocycles. The Kier molecular flexibility index (Phi) is 5.84. The summed E-state index contributed by atoms with van der Waals surface area (Å²) in [4.78, 5) is 24.2. The van der Waals surface area contributed by atoms with Crippen molar-refractivity contribution in [3.63, 3.8) is 0 Å². The summed E-state index contributed by atoms with van der Waals surface area (Å²) in [6.45, 7) is 6.31. The number of nitrogens with one attached hydrogen (secondary N) is 1. The lowest BCUT2D eigenvalue weighted by Gasteiger charge is -2.09. The number of benzene rings is 1. The molecule has 6 heteroatoms. The average Bonchev–Trinajstić information content (AvgIpc) is 3.41. The molecule has 3 rings (SSSR count). The summed E-state index contributed by atoms with van der Waals surface area (Å²) in [7, 11) is 0. The zero-order chi connectivity index (χ0) is 19.4. The Morgan fingerprint density at radius 1 is 1.19 bits per heavy atom. The van der Waals surface area contributed by atoms with E-state index >= 15 is 0 Å². The van der Waals surface area contributed by atoms with Crippen LogP contribution in [0.5, 0.6) is 5.75 Å². The summed E-state index contributed by atoms with van der Waals surface area (Å²) >= 11 is 0. The van der Waals surface area contributed by atoms with Gasteiger partial charge in [0.15, 0.2) is 6.61 Å². The molecule has 0 spiro atoms. The van der Waals surface area contributed by atoms with Gasteiger partial charge in [-0.3, -0.25) is 4.79 Å². The molecule has 1 aliphatic carbocycles. The van der Waals surface area contributed by atoms with Crippen LogP contribution < -0.4 is 10.1 Å². The van der Waals surface area contributed by atoms with Gasteiger partial charge < -0.3 is 19.4 Å². The smallest absolute Gasteiger partial charge is 0.340 e. The molecular weight excluding hydrogens is 344 g/mol. The molecule has 6 nitrogen and oxygen atoms in total. The van der Waals surface area contributed by atoms with E-state index in [4.69, 9.17) is 9.47 Å². The molecule has 1 fully saturated rings. The molecule has 2 aromatic rings. The summed E-state index contributed by atoms with van der Waals surface area (Å²) in [6.07, 6.45) is 2.30. The molecule has 1 aromatic heterocycles. The quantitative estimate of drug-likeness (QED) is 0.573. The summed E-state index contributed by atoms with van der Waals surface area (Å²) in [5.41, 5.74) is 3.62. The first kappa shape index (κ1) is 19.0. The van der Waals surface area contributed by atoms with Gasteiger partial charge >= 0.3 is 5.97 Å². The third kappa shape index (κ3) is 4.90. The van der Waals surface area contributed by atoms with Crippen LogP contribution in [0.1, 0.15) is 46.2 Å². The van der Waals surface area contributed by atoms with E-state index < -0.39 is 5.97 Å². The summed E-state index contributed by atoms with van der Waals surface area (Å²) in [5, 5.41) is 2.69. The van der Waals surface area contributed by atoms with Crippen molar-refractivity contribution in [3.8, 4) is 5.75 Å². The molecule has 0 bridgehead atoms. The van der Waals surface area contributed by atoms with E-state index in [1.165, 1.54) is 0 Å². The first-order chi connectivity index (χ1) is 13.0.